The highest BCUT2D eigenvalue weighted by atomic mass is 35.5. The topological polar surface area (TPSA) is 96.3 Å². The summed E-state index contributed by atoms with van der Waals surface area (Å²) in [5.41, 5.74) is 2.08. The minimum atomic E-state index is -4.31. The molecule has 0 heterocycles. The summed E-state index contributed by atoms with van der Waals surface area (Å²) < 4.78 is 30.8. The summed E-state index contributed by atoms with van der Waals surface area (Å²) in [5, 5.41) is 12.6. The van der Waals surface area contributed by atoms with Crippen LogP contribution in [0.15, 0.2) is 65.1 Å². The number of anilines is 1. The molecule has 0 saturated heterocycles. The quantitative estimate of drug-likeness (QED) is 0.218. The summed E-state index contributed by atoms with van der Waals surface area (Å²) in [4.78, 5) is 12.6. The number of aryl methyl sites for hydroxylation is 2. The predicted molar refractivity (Wildman–Crippen MR) is 134 cm³/mol. The van der Waals surface area contributed by atoms with Gasteiger partial charge in [0.05, 0.1) is 5.02 Å². The maximum absolute atomic E-state index is 12.8. The highest BCUT2D eigenvalue weighted by Gasteiger charge is 2.22. The molecule has 10 heteroatoms. The second-order valence-electron chi connectivity index (χ2n) is 7.24. The second kappa shape index (κ2) is 10.5. The van der Waals surface area contributed by atoms with Gasteiger partial charge in [0, 0.05) is 21.3 Å². The average Bonchev–Trinajstić information content (AvgIpc) is 2.76. The van der Waals surface area contributed by atoms with Crippen LogP contribution in [0.5, 0.6) is 5.75 Å². The van der Waals surface area contributed by atoms with Crippen LogP contribution >= 0.6 is 34.8 Å². The largest absolute Gasteiger partial charge is 0.377 e. The summed E-state index contributed by atoms with van der Waals surface area (Å²) in [6.07, 6.45) is 1.16. The Bertz CT molecular complexity index is 1440. The van der Waals surface area contributed by atoms with Gasteiger partial charge in [0.2, 0.25) is 0 Å². The van der Waals surface area contributed by atoms with E-state index in [1.165, 1.54) is 36.4 Å². The van der Waals surface area contributed by atoms with Crippen LogP contribution in [0.4, 0.5) is 5.69 Å². The number of rotatable bonds is 6. The molecule has 0 unspecified atom stereocenters. The molecule has 3 aromatic carbocycles. The molecule has 0 fully saturated rings. The lowest BCUT2D eigenvalue weighted by atomic mass is 10.1. The Kier molecular flexibility index (Phi) is 7.90. The summed E-state index contributed by atoms with van der Waals surface area (Å²) >= 11 is 18.1. The van der Waals surface area contributed by atoms with Crippen molar-refractivity contribution in [3.8, 4) is 11.8 Å². The molecular formula is C24H17Cl3N2O4S. The van der Waals surface area contributed by atoms with Crippen LogP contribution in [-0.4, -0.2) is 14.3 Å². The lowest BCUT2D eigenvalue weighted by Crippen LogP contribution is -2.15. The Morgan fingerprint density at radius 3 is 2.29 bits per heavy atom. The first-order chi connectivity index (χ1) is 16.0. The molecule has 0 aliphatic carbocycles. The highest BCUT2D eigenvalue weighted by molar-refractivity contribution is 7.87. The Hall–Kier alpha value is -3.02. The fourth-order valence-electron chi connectivity index (χ4n) is 2.98. The molecule has 34 heavy (non-hydrogen) atoms. The van der Waals surface area contributed by atoms with Crippen molar-refractivity contribution in [2.75, 3.05) is 5.32 Å². The number of nitrogens with one attached hydrogen (secondary N) is 1. The van der Waals surface area contributed by atoms with E-state index >= 15 is 0 Å². The van der Waals surface area contributed by atoms with E-state index in [4.69, 9.17) is 39.0 Å². The van der Waals surface area contributed by atoms with Gasteiger partial charge in [-0.2, -0.15) is 13.7 Å². The van der Waals surface area contributed by atoms with Gasteiger partial charge in [-0.05, 0) is 68.0 Å². The van der Waals surface area contributed by atoms with E-state index in [0.717, 1.165) is 17.2 Å². The number of hydrogen-bond donors (Lipinski definition) is 1. The molecule has 1 N–H and O–H groups in total. The van der Waals surface area contributed by atoms with E-state index in [1.54, 1.807) is 6.07 Å². The zero-order valence-electron chi connectivity index (χ0n) is 17.9. The molecular weight excluding hydrogens is 519 g/mol. The number of halogens is 3. The normalized spacial score (nSPS) is 11.6. The summed E-state index contributed by atoms with van der Waals surface area (Å²) in [5.74, 6) is -0.981. The Morgan fingerprint density at radius 1 is 1.00 bits per heavy atom. The first kappa shape index (κ1) is 25.6. The maximum Gasteiger partial charge on any atom is 0.339 e. The molecule has 174 valence electrons. The Balaban J connectivity index is 2.00. The van der Waals surface area contributed by atoms with Crippen molar-refractivity contribution in [2.45, 2.75) is 18.7 Å². The molecule has 6 nitrogen and oxygen atoms in total. The van der Waals surface area contributed by atoms with Gasteiger partial charge in [-0.25, -0.2) is 0 Å². The van der Waals surface area contributed by atoms with E-state index in [9.17, 15) is 18.5 Å². The number of nitriles is 1. The monoisotopic (exact) mass is 534 g/mol. The molecule has 0 spiro atoms. The van der Waals surface area contributed by atoms with Gasteiger partial charge in [0.15, 0.2) is 5.75 Å². The zero-order valence-corrected chi connectivity index (χ0v) is 21.0. The summed E-state index contributed by atoms with van der Waals surface area (Å²) in [6.45, 7) is 3.74. The lowest BCUT2D eigenvalue weighted by molar-refractivity contribution is -0.112. The fourth-order valence-corrected chi connectivity index (χ4v) is 4.67. The van der Waals surface area contributed by atoms with Gasteiger partial charge in [0.1, 0.15) is 16.5 Å². The molecule has 3 rings (SSSR count). The van der Waals surface area contributed by atoms with Crippen molar-refractivity contribution in [1.29, 1.82) is 5.26 Å². The predicted octanol–water partition coefficient (Wildman–Crippen LogP) is 6.58. The number of carbonyl (C=O) groups excluding carboxylic acids is 1. The minimum absolute atomic E-state index is 0.0300. The van der Waals surface area contributed by atoms with Crippen molar-refractivity contribution in [2.24, 2.45) is 0 Å². The van der Waals surface area contributed by atoms with Crippen molar-refractivity contribution >= 4 is 62.6 Å². The van der Waals surface area contributed by atoms with Crippen molar-refractivity contribution in [3.05, 3.63) is 91.9 Å². The third-order valence-electron chi connectivity index (χ3n) is 4.63. The van der Waals surface area contributed by atoms with Gasteiger partial charge >= 0.3 is 10.1 Å². The first-order valence-corrected chi connectivity index (χ1v) is 12.2. The van der Waals surface area contributed by atoms with E-state index < -0.39 is 16.0 Å². The highest BCUT2D eigenvalue weighted by Crippen LogP contribution is 2.36. The number of hydrogen-bond acceptors (Lipinski definition) is 5. The van der Waals surface area contributed by atoms with Crippen LogP contribution in [0.3, 0.4) is 0 Å². The van der Waals surface area contributed by atoms with Gasteiger partial charge < -0.3 is 9.50 Å². The van der Waals surface area contributed by atoms with E-state index in [2.05, 4.69) is 5.32 Å². The number of benzene rings is 3. The van der Waals surface area contributed by atoms with Crippen molar-refractivity contribution in [3.63, 3.8) is 0 Å². The van der Waals surface area contributed by atoms with Crippen LogP contribution in [0.25, 0.3) is 6.08 Å². The molecule has 0 aromatic heterocycles. The Labute approximate surface area is 212 Å². The van der Waals surface area contributed by atoms with Crippen LogP contribution in [0, 0.1) is 25.2 Å². The van der Waals surface area contributed by atoms with E-state index in [-0.39, 0.29) is 31.8 Å². The first-order valence-electron chi connectivity index (χ1n) is 9.69. The molecule has 0 bridgehead atoms. The molecule has 1 amide bonds. The standard InChI is InChI=1S/C24H17Cl3N2O4S/c1-14-3-8-22(15(2)9-14)29-24(30)17(13-28)10-16-11-19(26)12-21(27)23(16)33-34(31,32)20-6-4-18(25)5-7-20/h3-12H,1-2H3,(H,29,30)/b17-10+. The van der Waals surface area contributed by atoms with Crippen LogP contribution in [0.2, 0.25) is 15.1 Å². The minimum Gasteiger partial charge on any atom is -0.377 e. The molecule has 3 aromatic rings. The lowest BCUT2D eigenvalue weighted by Gasteiger charge is -2.13. The third kappa shape index (κ3) is 6.10. The van der Waals surface area contributed by atoms with Gasteiger partial charge in [-0.3, -0.25) is 4.79 Å². The number of amides is 1. The van der Waals surface area contributed by atoms with Crippen LogP contribution in [0.1, 0.15) is 16.7 Å². The molecule has 0 aliphatic heterocycles. The van der Waals surface area contributed by atoms with E-state index in [1.807, 2.05) is 32.0 Å². The molecule has 0 atom stereocenters. The van der Waals surface area contributed by atoms with Gasteiger partial charge in [-0.15, -0.1) is 0 Å². The van der Waals surface area contributed by atoms with Crippen molar-refractivity contribution in [1.82, 2.24) is 0 Å². The molecule has 0 saturated carbocycles. The SMILES string of the molecule is Cc1ccc(NC(=O)/C(C#N)=C/c2cc(Cl)cc(Cl)c2OS(=O)(=O)c2ccc(Cl)cc2)c(C)c1. The molecule has 0 radical (unpaired) electrons. The smallest absolute Gasteiger partial charge is 0.339 e. The zero-order chi connectivity index (χ0) is 25.0. The van der Waals surface area contributed by atoms with Crippen LogP contribution < -0.4 is 9.50 Å². The maximum atomic E-state index is 12.8. The van der Waals surface area contributed by atoms with Crippen LogP contribution in [-0.2, 0) is 14.9 Å². The van der Waals surface area contributed by atoms with Gasteiger partial charge in [-0.1, -0.05) is 52.5 Å². The summed E-state index contributed by atoms with van der Waals surface area (Å²) in [7, 11) is -4.31. The Morgan fingerprint density at radius 2 is 1.68 bits per heavy atom. The number of carbonyl (C=O) groups is 1. The molecule has 0 aliphatic rings. The third-order valence-corrected chi connectivity index (χ3v) is 6.61. The van der Waals surface area contributed by atoms with E-state index in [0.29, 0.717) is 10.7 Å². The average molecular weight is 536 g/mol. The number of nitrogens with zero attached hydrogens (tertiary/aromatic N) is 1. The summed E-state index contributed by atoms with van der Waals surface area (Å²) in [6, 6.07) is 15.2. The second-order valence-corrected chi connectivity index (χ2v) is 10.1. The van der Waals surface area contributed by atoms with Crippen molar-refractivity contribution < 1.29 is 17.4 Å². The fraction of sp³-hybridized carbons (Fsp3) is 0.0833. The van der Waals surface area contributed by atoms with Gasteiger partial charge in [0.25, 0.3) is 5.91 Å².